The first kappa shape index (κ1) is 14.6. The van der Waals surface area contributed by atoms with E-state index in [0.717, 1.165) is 38.3 Å². The number of aromatic nitrogens is 1. The maximum atomic E-state index is 9.34. The summed E-state index contributed by atoms with van der Waals surface area (Å²) in [5, 5.41) is 9.34. The standard InChI is InChI=1S/C17H20N4O/c1-3-20-8-10-21(11-9-20)17-15(12-18)19-16(22-17)14-6-4-13(2)5-7-14/h4-7H,3,8-11H2,1-2H3. The molecule has 114 valence electrons. The molecule has 0 bridgehead atoms. The summed E-state index contributed by atoms with van der Waals surface area (Å²) < 4.78 is 5.91. The molecule has 0 amide bonds. The van der Waals surface area contributed by atoms with Crippen molar-refractivity contribution in [2.45, 2.75) is 13.8 Å². The average molecular weight is 296 g/mol. The number of likely N-dealkylation sites (N-methyl/N-ethyl adjacent to an activating group) is 1. The van der Waals surface area contributed by atoms with Crippen LogP contribution < -0.4 is 4.90 Å². The van der Waals surface area contributed by atoms with Gasteiger partial charge in [0.1, 0.15) is 6.07 Å². The van der Waals surface area contributed by atoms with E-state index >= 15 is 0 Å². The Morgan fingerprint density at radius 1 is 1.18 bits per heavy atom. The normalized spacial score (nSPS) is 15.8. The SMILES string of the molecule is CCN1CCN(c2oc(-c3ccc(C)cc3)nc2C#N)CC1. The first-order valence-corrected chi connectivity index (χ1v) is 7.66. The van der Waals surface area contributed by atoms with Gasteiger partial charge in [0, 0.05) is 31.7 Å². The van der Waals surface area contributed by atoms with Crippen molar-refractivity contribution in [3.63, 3.8) is 0 Å². The highest BCUT2D eigenvalue weighted by atomic mass is 16.4. The van der Waals surface area contributed by atoms with Crippen LogP contribution in [0.2, 0.25) is 0 Å². The van der Waals surface area contributed by atoms with E-state index in [9.17, 15) is 5.26 Å². The number of piperazine rings is 1. The number of oxazole rings is 1. The first-order valence-electron chi connectivity index (χ1n) is 7.66. The molecule has 22 heavy (non-hydrogen) atoms. The van der Waals surface area contributed by atoms with Crippen LogP contribution in [0, 0.1) is 18.3 Å². The Kier molecular flexibility index (Phi) is 4.12. The number of nitrogens with zero attached hydrogens (tertiary/aromatic N) is 4. The predicted molar refractivity (Wildman–Crippen MR) is 85.7 cm³/mol. The lowest BCUT2D eigenvalue weighted by Gasteiger charge is -2.33. The van der Waals surface area contributed by atoms with Gasteiger partial charge in [-0.2, -0.15) is 10.2 Å². The third-order valence-electron chi connectivity index (χ3n) is 4.12. The van der Waals surface area contributed by atoms with Gasteiger partial charge >= 0.3 is 0 Å². The topological polar surface area (TPSA) is 56.3 Å². The van der Waals surface area contributed by atoms with Gasteiger partial charge in [0.25, 0.3) is 0 Å². The second-order valence-corrected chi connectivity index (χ2v) is 5.57. The molecule has 2 heterocycles. The van der Waals surface area contributed by atoms with Gasteiger partial charge in [-0.1, -0.05) is 24.6 Å². The number of benzene rings is 1. The molecule has 1 fully saturated rings. The molecule has 3 rings (SSSR count). The zero-order valence-corrected chi connectivity index (χ0v) is 13.0. The third kappa shape index (κ3) is 2.83. The van der Waals surface area contributed by atoms with Crippen LogP contribution in [0.5, 0.6) is 0 Å². The number of nitriles is 1. The number of anilines is 1. The van der Waals surface area contributed by atoms with Crippen molar-refractivity contribution >= 4 is 5.88 Å². The fourth-order valence-corrected chi connectivity index (χ4v) is 2.69. The van der Waals surface area contributed by atoms with Crippen LogP contribution in [0.4, 0.5) is 5.88 Å². The van der Waals surface area contributed by atoms with E-state index in [1.165, 1.54) is 5.56 Å². The van der Waals surface area contributed by atoms with E-state index < -0.39 is 0 Å². The van der Waals surface area contributed by atoms with E-state index in [2.05, 4.69) is 27.8 Å². The largest absolute Gasteiger partial charge is 0.419 e. The fourth-order valence-electron chi connectivity index (χ4n) is 2.69. The van der Waals surface area contributed by atoms with Crippen molar-refractivity contribution in [2.75, 3.05) is 37.6 Å². The van der Waals surface area contributed by atoms with E-state index in [4.69, 9.17) is 4.42 Å². The van der Waals surface area contributed by atoms with Crippen LogP contribution in [0.1, 0.15) is 18.2 Å². The third-order valence-corrected chi connectivity index (χ3v) is 4.12. The molecular weight excluding hydrogens is 276 g/mol. The minimum atomic E-state index is 0.375. The van der Waals surface area contributed by atoms with Gasteiger partial charge in [-0.3, -0.25) is 0 Å². The molecular formula is C17H20N4O. The molecule has 1 aliphatic rings. The van der Waals surface area contributed by atoms with Crippen LogP contribution in [0.3, 0.4) is 0 Å². The summed E-state index contributed by atoms with van der Waals surface area (Å²) >= 11 is 0. The van der Waals surface area contributed by atoms with Crippen molar-refractivity contribution in [3.05, 3.63) is 35.5 Å². The van der Waals surface area contributed by atoms with Crippen LogP contribution >= 0.6 is 0 Å². The molecule has 2 aromatic rings. The summed E-state index contributed by atoms with van der Waals surface area (Å²) in [4.78, 5) is 8.87. The van der Waals surface area contributed by atoms with Crippen molar-refractivity contribution in [1.29, 1.82) is 5.26 Å². The highest BCUT2D eigenvalue weighted by molar-refractivity contribution is 5.60. The van der Waals surface area contributed by atoms with E-state index in [-0.39, 0.29) is 0 Å². The van der Waals surface area contributed by atoms with E-state index in [1.807, 2.05) is 31.2 Å². The maximum absolute atomic E-state index is 9.34. The van der Waals surface area contributed by atoms with E-state index in [1.54, 1.807) is 0 Å². The van der Waals surface area contributed by atoms with E-state index in [0.29, 0.717) is 17.5 Å². The molecule has 5 heteroatoms. The van der Waals surface area contributed by atoms with Crippen molar-refractivity contribution in [1.82, 2.24) is 9.88 Å². The molecule has 0 aliphatic carbocycles. The Labute approximate surface area is 130 Å². The summed E-state index contributed by atoms with van der Waals surface area (Å²) in [6.45, 7) is 8.98. The average Bonchev–Trinajstić information content (AvgIpc) is 3.00. The molecule has 0 N–H and O–H groups in total. The molecule has 0 spiro atoms. The molecule has 0 saturated carbocycles. The molecule has 1 aromatic heterocycles. The molecule has 1 aromatic carbocycles. The van der Waals surface area contributed by atoms with Gasteiger partial charge in [0.05, 0.1) is 0 Å². The highest BCUT2D eigenvalue weighted by Crippen LogP contribution is 2.28. The Hall–Kier alpha value is -2.32. The second kappa shape index (κ2) is 6.20. The lowest BCUT2D eigenvalue weighted by molar-refractivity contribution is 0.266. The zero-order valence-electron chi connectivity index (χ0n) is 13.0. The lowest BCUT2D eigenvalue weighted by Crippen LogP contribution is -2.46. The summed E-state index contributed by atoms with van der Waals surface area (Å²) in [5.74, 6) is 1.12. The van der Waals surface area contributed by atoms with Crippen LogP contribution in [0.15, 0.2) is 28.7 Å². The van der Waals surface area contributed by atoms with Gasteiger partial charge in [-0.15, -0.1) is 0 Å². The molecule has 1 saturated heterocycles. The predicted octanol–water partition coefficient (Wildman–Crippen LogP) is 2.66. The van der Waals surface area contributed by atoms with Crippen molar-refractivity contribution in [3.8, 4) is 17.5 Å². The van der Waals surface area contributed by atoms with Crippen LogP contribution in [0.25, 0.3) is 11.5 Å². The first-order chi connectivity index (χ1) is 10.7. The Bertz CT molecular complexity index is 676. The summed E-state index contributed by atoms with van der Waals surface area (Å²) in [6, 6.07) is 10.1. The van der Waals surface area contributed by atoms with Gasteiger partial charge in [0.15, 0.2) is 0 Å². The summed E-state index contributed by atoms with van der Waals surface area (Å²) in [6.07, 6.45) is 0. The van der Waals surface area contributed by atoms with Gasteiger partial charge in [-0.25, -0.2) is 0 Å². The summed E-state index contributed by atoms with van der Waals surface area (Å²) in [7, 11) is 0. The maximum Gasteiger partial charge on any atom is 0.235 e. The Balaban J connectivity index is 1.86. The summed E-state index contributed by atoms with van der Waals surface area (Å²) in [5.41, 5.74) is 2.47. The number of rotatable bonds is 3. The number of aryl methyl sites for hydroxylation is 1. The molecule has 0 radical (unpaired) electrons. The van der Waals surface area contributed by atoms with Crippen LogP contribution in [-0.4, -0.2) is 42.6 Å². The van der Waals surface area contributed by atoms with Crippen LogP contribution in [-0.2, 0) is 0 Å². The monoisotopic (exact) mass is 296 g/mol. The number of hydrogen-bond donors (Lipinski definition) is 0. The smallest absolute Gasteiger partial charge is 0.235 e. The lowest BCUT2D eigenvalue weighted by atomic mass is 10.1. The van der Waals surface area contributed by atoms with Gasteiger partial charge in [-0.05, 0) is 25.6 Å². The van der Waals surface area contributed by atoms with Gasteiger partial charge < -0.3 is 14.2 Å². The molecule has 0 unspecified atom stereocenters. The van der Waals surface area contributed by atoms with Gasteiger partial charge in [0.2, 0.25) is 17.5 Å². The zero-order chi connectivity index (χ0) is 15.5. The fraction of sp³-hybridized carbons (Fsp3) is 0.412. The molecule has 5 nitrogen and oxygen atoms in total. The Morgan fingerprint density at radius 3 is 2.45 bits per heavy atom. The number of hydrogen-bond acceptors (Lipinski definition) is 5. The minimum Gasteiger partial charge on any atom is -0.419 e. The van der Waals surface area contributed by atoms with Crippen molar-refractivity contribution in [2.24, 2.45) is 0 Å². The minimum absolute atomic E-state index is 0.375. The molecule has 0 atom stereocenters. The van der Waals surface area contributed by atoms with Crippen molar-refractivity contribution < 1.29 is 4.42 Å². The Morgan fingerprint density at radius 2 is 1.86 bits per heavy atom. The quantitative estimate of drug-likeness (QED) is 0.871. The second-order valence-electron chi connectivity index (χ2n) is 5.57. The highest BCUT2D eigenvalue weighted by Gasteiger charge is 2.23. The molecule has 1 aliphatic heterocycles.